The van der Waals surface area contributed by atoms with Crippen molar-refractivity contribution < 1.29 is 13.2 Å². The second kappa shape index (κ2) is 6.22. The summed E-state index contributed by atoms with van der Waals surface area (Å²) in [7, 11) is 0. The monoisotopic (exact) mass is 357 g/mol. The number of hydrogen-bond acceptors (Lipinski definition) is 3. The van der Waals surface area contributed by atoms with Gasteiger partial charge in [0.25, 0.3) is 5.56 Å². The Bertz CT molecular complexity index is 812. The third kappa shape index (κ3) is 3.32. The Kier molecular flexibility index (Phi) is 4.40. The van der Waals surface area contributed by atoms with Gasteiger partial charge in [0.1, 0.15) is 0 Å². The number of nitrogens with one attached hydrogen (secondary N) is 1. The van der Waals surface area contributed by atoms with E-state index in [9.17, 15) is 18.0 Å². The van der Waals surface area contributed by atoms with Crippen molar-refractivity contribution in [3.05, 3.63) is 61.8 Å². The van der Waals surface area contributed by atoms with E-state index in [1.807, 2.05) is 28.9 Å². The summed E-state index contributed by atoms with van der Waals surface area (Å²) >= 11 is 6.21. The highest BCUT2D eigenvalue weighted by molar-refractivity contribution is 6.31. The van der Waals surface area contributed by atoms with Gasteiger partial charge in [-0.25, -0.2) is 4.98 Å². The number of nitrogens with zero attached hydrogens (tertiary/aromatic N) is 2. The molecule has 1 aromatic carbocycles. The molecular formula is C16H15ClF3N3O. The zero-order valence-electron chi connectivity index (χ0n) is 12.9. The van der Waals surface area contributed by atoms with E-state index in [4.69, 9.17) is 11.6 Å². The van der Waals surface area contributed by atoms with Gasteiger partial charge in [0.15, 0.2) is 0 Å². The van der Waals surface area contributed by atoms with E-state index in [0.29, 0.717) is 30.1 Å². The predicted octanol–water partition coefficient (Wildman–Crippen LogP) is 3.31. The van der Waals surface area contributed by atoms with Crippen LogP contribution < -0.4 is 5.56 Å². The molecule has 4 nitrogen and oxygen atoms in total. The number of fused-ring (bicyclic) bond motifs is 1. The van der Waals surface area contributed by atoms with Crippen LogP contribution in [0.3, 0.4) is 0 Å². The number of rotatable bonds is 2. The van der Waals surface area contributed by atoms with E-state index < -0.39 is 17.6 Å². The van der Waals surface area contributed by atoms with Crippen molar-refractivity contribution in [3.8, 4) is 0 Å². The van der Waals surface area contributed by atoms with Gasteiger partial charge in [0, 0.05) is 30.2 Å². The summed E-state index contributed by atoms with van der Waals surface area (Å²) in [5.41, 5.74) is 1.75. The van der Waals surface area contributed by atoms with Gasteiger partial charge in [-0.3, -0.25) is 9.69 Å². The van der Waals surface area contributed by atoms with Crippen LogP contribution in [0.4, 0.5) is 13.2 Å². The zero-order valence-corrected chi connectivity index (χ0v) is 13.6. The van der Waals surface area contributed by atoms with Crippen LogP contribution in [0.25, 0.3) is 0 Å². The maximum Gasteiger partial charge on any atom is 0.449 e. The number of aromatic nitrogens is 2. The molecule has 1 aliphatic rings. The highest BCUT2D eigenvalue weighted by Crippen LogP contribution is 2.27. The van der Waals surface area contributed by atoms with Crippen molar-refractivity contribution in [2.24, 2.45) is 0 Å². The summed E-state index contributed by atoms with van der Waals surface area (Å²) in [6, 6.07) is 5.57. The standard InChI is InChI=1S/C16H15ClF3N3O/c1-9-3-2-4-12(17)11(9)7-23-6-5-10-13(8-23)21-15(16(18,19)20)22-14(10)24/h2-4H,5-8H2,1H3,(H,21,22,24). The molecule has 0 atom stereocenters. The SMILES string of the molecule is Cc1cccc(Cl)c1CN1CCc2c(nc(C(F)(F)F)[nH]c2=O)C1. The predicted molar refractivity (Wildman–Crippen MR) is 83.9 cm³/mol. The first-order valence-electron chi connectivity index (χ1n) is 7.41. The number of hydrogen-bond donors (Lipinski definition) is 1. The van der Waals surface area contributed by atoms with Gasteiger partial charge in [0.05, 0.1) is 5.69 Å². The minimum absolute atomic E-state index is 0.182. The number of aryl methyl sites for hydroxylation is 1. The largest absolute Gasteiger partial charge is 0.449 e. The first kappa shape index (κ1) is 17.0. The normalized spacial score (nSPS) is 15.4. The van der Waals surface area contributed by atoms with Gasteiger partial charge >= 0.3 is 6.18 Å². The quantitative estimate of drug-likeness (QED) is 0.897. The van der Waals surface area contributed by atoms with E-state index in [0.717, 1.165) is 11.1 Å². The fraction of sp³-hybridized carbons (Fsp3) is 0.375. The first-order chi connectivity index (χ1) is 11.3. The fourth-order valence-corrected chi connectivity index (χ4v) is 3.13. The molecule has 0 bridgehead atoms. The van der Waals surface area contributed by atoms with Crippen LogP contribution in [-0.4, -0.2) is 21.4 Å². The highest BCUT2D eigenvalue weighted by Gasteiger charge is 2.36. The summed E-state index contributed by atoms with van der Waals surface area (Å²) in [5, 5.41) is 0.621. The molecule has 0 aliphatic carbocycles. The van der Waals surface area contributed by atoms with Crippen LogP contribution >= 0.6 is 11.6 Å². The lowest BCUT2D eigenvalue weighted by Crippen LogP contribution is -2.36. The van der Waals surface area contributed by atoms with E-state index >= 15 is 0 Å². The Hall–Kier alpha value is -1.86. The molecule has 2 aromatic rings. The minimum Gasteiger partial charge on any atom is -0.303 e. The third-order valence-corrected chi connectivity index (χ3v) is 4.51. The van der Waals surface area contributed by atoms with Gasteiger partial charge in [0.2, 0.25) is 5.82 Å². The molecular weight excluding hydrogens is 343 g/mol. The molecule has 3 rings (SSSR count). The van der Waals surface area contributed by atoms with Crippen molar-refractivity contribution in [3.63, 3.8) is 0 Å². The Balaban J connectivity index is 1.89. The van der Waals surface area contributed by atoms with Gasteiger partial charge in [-0.05, 0) is 30.5 Å². The third-order valence-electron chi connectivity index (χ3n) is 4.16. The summed E-state index contributed by atoms with van der Waals surface area (Å²) in [4.78, 5) is 19.3. The molecule has 2 heterocycles. The molecule has 1 N–H and O–H groups in total. The molecule has 24 heavy (non-hydrogen) atoms. The molecule has 0 unspecified atom stereocenters. The van der Waals surface area contributed by atoms with Crippen molar-refractivity contribution in [1.82, 2.24) is 14.9 Å². The zero-order chi connectivity index (χ0) is 17.5. The number of benzene rings is 1. The molecule has 128 valence electrons. The average molecular weight is 358 g/mol. The summed E-state index contributed by atoms with van der Waals surface area (Å²) < 4.78 is 38.5. The maximum atomic E-state index is 12.8. The van der Waals surface area contributed by atoms with Crippen LogP contribution in [0.2, 0.25) is 5.02 Å². The molecule has 1 aromatic heterocycles. The molecule has 0 radical (unpaired) electrons. The van der Waals surface area contributed by atoms with Crippen LogP contribution in [0, 0.1) is 6.92 Å². The van der Waals surface area contributed by atoms with Gasteiger partial charge < -0.3 is 4.98 Å². The molecule has 0 fully saturated rings. The number of halogens is 4. The molecule has 0 saturated carbocycles. The number of alkyl halides is 3. The van der Waals surface area contributed by atoms with E-state index in [-0.39, 0.29) is 12.2 Å². The maximum absolute atomic E-state index is 12.8. The van der Waals surface area contributed by atoms with Crippen LogP contribution in [0.15, 0.2) is 23.0 Å². The lowest BCUT2D eigenvalue weighted by Gasteiger charge is -2.28. The summed E-state index contributed by atoms with van der Waals surface area (Å²) in [6.07, 6.45) is -4.31. The van der Waals surface area contributed by atoms with Gasteiger partial charge in [-0.15, -0.1) is 0 Å². The van der Waals surface area contributed by atoms with Crippen molar-refractivity contribution in [1.29, 1.82) is 0 Å². The lowest BCUT2D eigenvalue weighted by molar-refractivity contribution is -0.145. The molecule has 1 aliphatic heterocycles. The molecule has 8 heteroatoms. The van der Waals surface area contributed by atoms with Crippen LogP contribution in [0.1, 0.15) is 28.2 Å². The second-order valence-corrected chi connectivity index (χ2v) is 6.24. The smallest absolute Gasteiger partial charge is 0.303 e. The van der Waals surface area contributed by atoms with Gasteiger partial charge in [-0.1, -0.05) is 23.7 Å². The Morgan fingerprint density at radius 1 is 1.38 bits per heavy atom. The minimum atomic E-state index is -4.67. The highest BCUT2D eigenvalue weighted by atomic mass is 35.5. The summed E-state index contributed by atoms with van der Waals surface area (Å²) in [6.45, 7) is 3.19. The molecule has 0 saturated heterocycles. The van der Waals surface area contributed by atoms with E-state index in [2.05, 4.69) is 4.98 Å². The Morgan fingerprint density at radius 2 is 2.12 bits per heavy atom. The summed E-state index contributed by atoms with van der Waals surface area (Å²) in [5.74, 6) is -1.25. The lowest BCUT2D eigenvalue weighted by atomic mass is 10.0. The molecule has 0 amide bonds. The Morgan fingerprint density at radius 3 is 2.79 bits per heavy atom. The van der Waals surface area contributed by atoms with Crippen molar-refractivity contribution in [2.45, 2.75) is 32.6 Å². The van der Waals surface area contributed by atoms with Gasteiger partial charge in [-0.2, -0.15) is 13.2 Å². The number of H-pyrrole nitrogens is 1. The second-order valence-electron chi connectivity index (χ2n) is 5.83. The van der Waals surface area contributed by atoms with E-state index in [1.54, 1.807) is 6.07 Å². The van der Waals surface area contributed by atoms with Crippen molar-refractivity contribution in [2.75, 3.05) is 6.54 Å². The van der Waals surface area contributed by atoms with Crippen molar-refractivity contribution >= 4 is 11.6 Å². The molecule has 0 spiro atoms. The first-order valence-corrected chi connectivity index (χ1v) is 7.79. The number of aromatic amines is 1. The fourth-order valence-electron chi connectivity index (χ4n) is 2.85. The Labute approximate surface area is 141 Å². The van der Waals surface area contributed by atoms with Crippen LogP contribution in [0.5, 0.6) is 0 Å². The van der Waals surface area contributed by atoms with Crippen LogP contribution in [-0.2, 0) is 25.7 Å². The van der Waals surface area contributed by atoms with E-state index in [1.165, 1.54) is 0 Å². The topological polar surface area (TPSA) is 49.0 Å². The average Bonchev–Trinajstić information content (AvgIpc) is 2.50.